The number of rotatable bonds is 3. The van der Waals surface area contributed by atoms with Crippen LogP contribution in [-0.4, -0.2) is 16.3 Å². The first-order valence-electron chi connectivity index (χ1n) is 12.2. The van der Waals surface area contributed by atoms with Crippen LogP contribution in [0.3, 0.4) is 0 Å². The minimum absolute atomic E-state index is 1.05. The molecule has 3 heteroatoms. The highest BCUT2D eigenvalue weighted by molar-refractivity contribution is 7.25. The van der Waals surface area contributed by atoms with Gasteiger partial charge >= 0.3 is 0 Å². The van der Waals surface area contributed by atoms with Crippen LogP contribution in [-0.2, 0) is 0 Å². The van der Waals surface area contributed by atoms with Crippen molar-refractivity contribution in [1.29, 1.82) is 0 Å². The molecule has 0 N–H and O–H groups in total. The number of allylic oxidation sites excluding steroid dienone is 2. The molecular weight excluding hydrogens is 456 g/mol. The van der Waals surface area contributed by atoms with Crippen LogP contribution in [0.25, 0.3) is 36.9 Å². The Bertz CT molecular complexity index is 1710. The molecule has 2 aromatic heterocycles. The average molecular weight is 485 g/mol. The van der Waals surface area contributed by atoms with E-state index in [0.29, 0.717) is 0 Å². The predicted molar refractivity (Wildman–Crippen MR) is 155 cm³/mol. The first-order chi connectivity index (χ1) is 17.4. The van der Waals surface area contributed by atoms with Gasteiger partial charge in [0.05, 0.1) is 6.72 Å². The standard InChI is InChI=1S/C33H28N2S/c1-20-13-31(35(5)19-30(20)24-9-7-6-8-10-24)28-18-29-27-12-11-25(26-15-22(3)34-23(4)16-26)17-33(27)36-32(29)14-21(28)2/h6-19H,5H2,1-4H3. The quantitative estimate of drug-likeness (QED) is 0.142. The summed E-state index contributed by atoms with van der Waals surface area (Å²) in [4.78, 5) is 4.54. The van der Waals surface area contributed by atoms with E-state index >= 15 is 0 Å². The van der Waals surface area contributed by atoms with E-state index in [1.807, 2.05) is 15.9 Å². The van der Waals surface area contributed by atoms with E-state index in [-0.39, 0.29) is 0 Å². The van der Waals surface area contributed by atoms with E-state index in [4.69, 9.17) is 0 Å². The summed E-state index contributed by atoms with van der Waals surface area (Å²) < 4.78 is 4.65. The van der Waals surface area contributed by atoms with Crippen molar-refractivity contribution < 1.29 is 4.58 Å². The summed E-state index contributed by atoms with van der Waals surface area (Å²) in [7, 11) is 0. The number of benzene rings is 3. The van der Waals surface area contributed by atoms with E-state index in [0.717, 1.165) is 17.4 Å². The second-order valence-electron chi connectivity index (χ2n) is 9.71. The molecule has 1 aliphatic rings. The number of fused-ring (bicyclic) bond motifs is 3. The normalized spacial score (nSPS) is 13.9. The molecule has 0 saturated heterocycles. The van der Waals surface area contributed by atoms with Gasteiger partial charge in [-0.2, -0.15) is 0 Å². The summed E-state index contributed by atoms with van der Waals surface area (Å²) in [6.45, 7) is 12.9. The van der Waals surface area contributed by atoms with Crippen molar-refractivity contribution in [3.05, 3.63) is 125 Å². The van der Waals surface area contributed by atoms with E-state index < -0.39 is 0 Å². The van der Waals surface area contributed by atoms with Gasteiger partial charge in [-0.05, 0) is 54.3 Å². The smallest absolute Gasteiger partial charge is 0.159 e. The molecular formula is C33H28N2S. The number of hydrogen-bond donors (Lipinski definition) is 0. The Labute approximate surface area is 216 Å². The Morgan fingerprint density at radius 1 is 0.833 bits per heavy atom. The molecule has 1 aliphatic heterocycles. The molecule has 0 radical (unpaired) electrons. The molecule has 0 saturated carbocycles. The molecule has 3 aromatic carbocycles. The first kappa shape index (κ1) is 22.5. The number of hydrogen-bond acceptors (Lipinski definition) is 1. The van der Waals surface area contributed by atoms with Crippen molar-refractivity contribution in [1.82, 2.24) is 4.98 Å². The van der Waals surface area contributed by atoms with Crippen LogP contribution in [0, 0.1) is 26.8 Å². The lowest BCUT2D eigenvalue weighted by atomic mass is 9.90. The molecule has 0 bridgehead atoms. The van der Waals surface area contributed by atoms with E-state index in [2.05, 4.69) is 124 Å². The molecule has 5 aromatic rings. The first-order valence-corrected chi connectivity index (χ1v) is 13.0. The summed E-state index contributed by atoms with van der Waals surface area (Å²) in [6, 6.07) is 27.5. The van der Waals surface area contributed by atoms with Gasteiger partial charge in [-0.15, -0.1) is 18.2 Å². The van der Waals surface area contributed by atoms with Crippen molar-refractivity contribution in [2.45, 2.75) is 27.7 Å². The fraction of sp³-hybridized carbons (Fsp3) is 0.121. The Hall–Kier alpha value is -3.95. The number of pyridine rings is 1. The lowest BCUT2D eigenvalue weighted by Crippen LogP contribution is -2.17. The van der Waals surface area contributed by atoms with Crippen LogP contribution in [0.4, 0.5) is 0 Å². The van der Waals surface area contributed by atoms with Crippen LogP contribution in [0.1, 0.15) is 35.0 Å². The van der Waals surface area contributed by atoms with Gasteiger partial charge in [0, 0.05) is 11.4 Å². The third-order valence-electron chi connectivity index (χ3n) is 6.97. The average Bonchev–Trinajstić information content (AvgIpc) is 3.21. The zero-order valence-electron chi connectivity index (χ0n) is 21.1. The highest BCUT2D eigenvalue weighted by atomic mass is 32.1. The second-order valence-corrected chi connectivity index (χ2v) is 10.8. The van der Waals surface area contributed by atoms with Crippen molar-refractivity contribution in [3.63, 3.8) is 0 Å². The highest BCUT2D eigenvalue weighted by Crippen LogP contribution is 2.40. The zero-order valence-corrected chi connectivity index (χ0v) is 21.9. The summed E-state index contributed by atoms with van der Waals surface area (Å²) in [5.41, 5.74) is 10.7. The van der Waals surface area contributed by atoms with Crippen LogP contribution in [0.15, 0.2) is 90.6 Å². The third-order valence-corrected chi connectivity index (χ3v) is 8.08. The fourth-order valence-electron chi connectivity index (χ4n) is 5.23. The highest BCUT2D eigenvalue weighted by Gasteiger charge is 2.23. The summed E-state index contributed by atoms with van der Waals surface area (Å²) in [6.07, 6.45) is 4.42. The molecule has 36 heavy (non-hydrogen) atoms. The van der Waals surface area contributed by atoms with E-state index in [1.54, 1.807) is 0 Å². The molecule has 0 spiro atoms. The lowest BCUT2D eigenvalue weighted by molar-refractivity contribution is -0.416. The summed E-state index contributed by atoms with van der Waals surface area (Å²) >= 11 is 1.87. The number of aryl methyl sites for hydroxylation is 3. The predicted octanol–water partition coefficient (Wildman–Crippen LogP) is 8.64. The van der Waals surface area contributed by atoms with Gasteiger partial charge in [0.25, 0.3) is 0 Å². The summed E-state index contributed by atoms with van der Waals surface area (Å²) in [5.74, 6) is 0. The van der Waals surface area contributed by atoms with Gasteiger partial charge in [-0.25, -0.2) is 0 Å². The van der Waals surface area contributed by atoms with Gasteiger partial charge in [0.15, 0.2) is 4.70 Å². The lowest BCUT2D eigenvalue weighted by Gasteiger charge is -2.24. The monoisotopic (exact) mass is 484 g/mol. The maximum Gasteiger partial charge on any atom is 0.159 e. The second kappa shape index (κ2) is 8.61. The molecule has 0 unspecified atom stereocenters. The maximum absolute atomic E-state index is 4.54. The SMILES string of the molecule is C=[N+]1C=C(c2ccccc2)C(C)=C[C-]1c1cc2c(cc1C)[s+][c-]1cc(-c3cc(C)nc(C)c3)ccc21. The van der Waals surface area contributed by atoms with E-state index in [9.17, 15) is 0 Å². The van der Waals surface area contributed by atoms with Gasteiger partial charge in [0.2, 0.25) is 0 Å². The molecule has 176 valence electrons. The van der Waals surface area contributed by atoms with Gasteiger partial charge in [-0.1, -0.05) is 83.8 Å². The number of aromatic nitrogens is 1. The molecule has 3 heterocycles. The van der Waals surface area contributed by atoms with Gasteiger partial charge in [-0.3, -0.25) is 9.56 Å². The molecule has 0 aliphatic carbocycles. The largest absolute Gasteiger partial charge is 0.258 e. The Kier molecular flexibility index (Phi) is 5.39. The number of thiophene rings is 1. The Morgan fingerprint density at radius 3 is 2.33 bits per heavy atom. The van der Waals surface area contributed by atoms with Gasteiger partial charge in [0.1, 0.15) is 28.3 Å². The third kappa shape index (κ3) is 3.86. The minimum Gasteiger partial charge on any atom is -0.258 e. The van der Waals surface area contributed by atoms with Crippen LogP contribution >= 0.6 is 11.3 Å². The zero-order chi connectivity index (χ0) is 25.0. The van der Waals surface area contributed by atoms with Crippen LogP contribution < -0.4 is 0 Å². The van der Waals surface area contributed by atoms with Crippen molar-refractivity contribution in [2.75, 3.05) is 0 Å². The fourth-order valence-corrected chi connectivity index (χ4v) is 6.45. The molecule has 0 amide bonds. The molecule has 0 atom stereocenters. The summed E-state index contributed by atoms with van der Waals surface area (Å²) in [5, 5.41) is 2.60. The molecule has 2 nitrogen and oxygen atoms in total. The van der Waals surface area contributed by atoms with E-state index in [1.165, 1.54) is 59.1 Å². The Balaban J connectivity index is 1.42. The Morgan fingerprint density at radius 2 is 1.58 bits per heavy atom. The topological polar surface area (TPSA) is 15.9 Å². The van der Waals surface area contributed by atoms with Crippen LogP contribution in [0.2, 0.25) is 0 Å². The maximum atomic E-state index is 4.54. The van der Waals surface area contributed by atoms with Crippen molar-refractivity contribution in [2.24, 2.45) is 0 Å². The molecule has 6 rings (SSSR count). The number of nitrogens with zero attached hydrogens (tertiary/aromatic N) is 2. The van der Waals surface area contributed by atoms with Gasteiger partial charge < -0.3 is 0 Å². The van der Waals surface area contributed by atoms with Crippen molar-refractivity contribution in [3.8, 4) is 11.1 Å². The van der Waals surface area contributed by atoms with Crippen LogP contribution in [0.5, 0.6) is 0 Å². The van der Waals surface area contributed by atoms with Crippen molar-refractivity contribution >= 4 is 43.8 Å². The minimum atomic E-state index is 1.05. The molecule has 0 fully saturated rings.